The van der Waals surface area contributed by atoms with E-state index in [-0.39, 0.29) is 51.2 Å². The molecule has 5 saturated carbocycles. The quantitative estimate of drug-likeness (QED) is 0.264. The second kappa shape index (κ2) is 13.1. The molecule has 11 atom stereocenters. The van der Waals surface area contributed by atoms with E-state index in [4.69, 9.17) is 0 Å². The second-order valence-electron chi connectivity index (χ2n) is 20.2. The van der Waals surface area contributed by atoms with Crippen molar-refractivity contribution in [1.29, 1.82) is 0 Å². The van der Waals surface area contributed by atoms with E-state index in [9.17, 15) is 24.3 Å². The zero-order valence-electron chi connectivity index (χ0n) is 33.6. The van der Waals surface area contributed by atoms with Gasteiger partial charge in [-0.25, -0.2) is 9.50 Å². The molecule has 9 nitrogen and oxygen atoms in total. The molecule has 54 heavy (non-hydrogen) atoms. The number of carboxylic acid groups (broad SMARTS) is 1. The van der Waals surface area contributed by atoms with Crippen LogP contribution in [-0.2, 0) is 14.4 Å². The van der Waals surface area contributed by atoms with E-state index in [1.807, 2.05) is 6.92 Å². The van der Waals surface area contributed by atoms with E-state index >= 15 is 0 Å². The molecule has 8 rings (SSSR count). The van der Waals surface area contributed by atoms with Crippen LogP contribution in [0.2, 0.25) is 0 Å². The van der Waals surface area contributed by atoms with Gasteiger partial charge in [-0.15, -0.1) is 0 Å². The Kier molecular flexibility index (Phi) is 9.12. The summed E-state index contributed by atoms with van der Waals surface area (Å²) in [5.41, 5.74) is 3.80. The Morgan fingerprint density at radius 1 is 0.981 bits per heavy atom. The Morgan fingerprint density at radius 3 is 2.46 bits per heavy atom. The van der Waals surface area contributed by atoms with Gasteiger partial charge in [-0.05, 0) is 134 Å². The third-order valence-corrected chi connectivity index (χ3v) is 17.4. The van der Waals surface area contributed by atoms with Crippen LogP contribution >= 0.6 is 0 Å². The number of Topliss-reactive ketones (excluding diaryl/α,β-unsaturated/α-hetero) is 2. The second-order valence-corrected chi connectivity index (χ2v) is 20.2. The summed E-state index contributed by atoms with van der Waals surface area (Å²) >= 11 is 0. The lowest BCUT2D eigenvalue weighted by Gasteiger charge is -2.69. The smallest absolute Gasteiger partial charge is 0.306 e. The van der Waals surface area contributed by atoms with E-state index in [2.05, 4.69) is 56.9 Å². The summed E-state index contributed by atoms with van der Waals surface area (Å²) in [6.45, 7) is 16.9. The Labute approximate surface area is 320 Å². The fraction of sp³-hybridized carbons (Fsp3) is 0.733. The number of hydrogen-bond acceptors (Lipinski definition) is 6. The van der Waals surface area contributed by atoms with Crippen molar-refractivity contribution in [2.75, 3.05) is 6.54 Å². The lowest BCUT2D eigenvalue weighted by Crippen LogP contribution is -2.62. The summed E-state index contributed by atoms with van der Waals surface area (Å²) in [6, 6.07) is 1.79. The Balaban J connectivity index is 0.999. The summed E-state index contributed by atoms with van der Waals surface area (Å²) in [7, 11) is 0. The van der Waals surface area contributed by atoms with E-state index in [1.54, 1.807) is 29.2 Å². The number of nitrogens with zero attached hydrogens (tertiary/aromatic N) is 3. The lowest BCUT2D eigenvalue weighted by atomic mass is 9.35. The van der Waals surface area contributed by atoms with Crippen LogP contribution in [0.4, 0.5) is 0 Å². The number of carbonyl (C=O) groups is 4. The molecule has 292 valence electrons. The van der Waals surface area contributed by atoms with E-state index in [0.717, 1.165) is 44.1 Å². The highest BCUT2D eigenvalue weighted by Gasteiger charge is 2.66. The maximum Gasteiger partial charge on any atom is 0.306 e. The van der Waals surface area contributed by atoms with Crippen LogP contribution in [0.3, 0.4) is 0 Å². The molecular weight excluding hydrogens is 677 g/mol. The predicted octanol–water partition coefficient (Wildman–Crippen LogP) is 8.37. The first-order chi connectivity index (χ1) is 25.5. The zero-order chi connectivity index (χ0) is 38.5. The minimum Gasteiger partial charge on any atom is -0.481 e. The first-order valence-electron chi connectivity index (χ1n) is 21.1. The van der Waals surface area contributed by atoms with Gasteiger partial charge in [0, 0.05) is 43.1 Å². The van der Waals surface area contributed by atoms with Gasteiger partial charge in [0.05, 0.1) is 12.1 Å². The number of aromatic nitrogens is 3. The van der Waals surface area contributed by atoms with Gasteiger partial charge < -0.3 is 10.4 Å². The average Bonchev–Trinajstić information content (AvgIpc) is 3.67. The van der Waals surface area contributed by atoms with Crippen molar-refractivity contribution in [3.8, 4) is 0 Å². The molecule has 0 spiro atoms. The Morgan fingerprint density at radius 2 is 1.74 bits per heavy atom. The number of nitrogens with one attached hydrogen (secondary N) is 1. The van der Waals surface area contributed by atoms with Gasteiger partial charge in [0.15, 0.2) is 11.4 Å². The third kappa shape index (κ3) is 5.50. The van der Waals surface area contributed by atoms with E-state index in [1.165, 1.54) is 24.8 Å². The fourth-order valence-corrected chi connectivity index (χ4v) is 14.6. The van der Waals surface area contributed by atoms with Gasteiger partial charge in [-0.1, -0.05) is 54.0 Å². The summed E-state index contributed by atoms with van der Waals surface area (Å²) in [6.07, 6.45) is 16.5. The van der Waals surface area contributed by atoms with Crippen molar-refractivity contribution in [3.05, 3.63) is 41.4 Å². The van der Waals surface area contributed by atoms with Gasteiger partial charge in [-0.3, -0.25) is 19.2 Å². The number of ketones is 2. The molecule has 2 aromatic heterocycles. The number of aliphatic carboxylic acids is 1. The first-order valence-corrected chi connectivity index (χ1v) is 21.1. The normalized spacial score (nSPS) is 39.7. The van der Waals surface area contributed by atoms with Crippen LogP contribution in [-0.4, -0.2) is 49.7 Å². The first kappa shape index (κ1) is 37.6. The number of amides is 1. The molecule has 2 heterocycles. The number of carboxylic acids is 1. The predicted molar refractivity (Wildman–Crippen MR) is 206 cm³/mol. The molecule has 0 aliphatic heterocycles. The maximum absolute atomic E-state index is 14.0. The monoisotopic (exact) mass is 738 g/mol. The Bertz CT molecular complexity index is 1910. The number of hydrogen-bond donors (Lipinski definition) is 2. The van der Waals surface area contributed by atoms with E-state index < -0.39 is 5.97 Å². The van der Waals surface area contributed by atoms with Gasteiger partial charge in [0.2, 0.25) is 0 Å². The molecule has 9 heteroatoms. The van der Waals surface area contributed by atoms with Crippen molar-refractivity contribution in [2.24, 2.45) is 74.9 Å². The van der Waals surface area contributed by atoms with Gasteiger partial charge in [0.25, 0.3) is 5.91 Å². The highest BCUT2D eigenvalue weighted by molar-refractivity contribution is 6.01. The summed E-state index contributed by atoms with van der Waals surface area (Å²) < 4.78 is 1.62. The molecular formula is C45H62N4O5. The van der Waals surface area contributed by atoms with Crippen molar-refractivity contribution in [3.63, 3.8) is 0 Å². The minimum atomic E-state index is -0.762. The summed E-state index contributed by atoms with van der Waals surface area (Å²) in [5, 5.41) is 17.0. The zero-order valence-corrected chi connectivity index (χ0v) is 33.6. The van der Waals surface area contributed by atoms with Crippen LogP contribution < -0.4 is 5.32 Å². The van der Waals surface area contributed by atoms with Gasteiger partial charge in [-0.2, -0.15) is 5.10 Å². The molecule has 11 unspecified atom stereocenters. The molecule has 0 saturated heterocycles. The number of fused-ring (bicyclic) bond motifs is 8. The molecule has 5 fully saturated rings. The number of carbonyl (C=O) groups excluding carboxylic acids is 3. The number of rotatable bonds is 9. The van der Waals surface area contributed by atoms with Crippen molar-refractivity contribution >= 4 is 29.1 Å². The molecule has 0 radical (unpaired) electrons. The topological polar surface area (TPSA) is 131 Å². The van der Waals surface area contributed by atoms with Crippen molar-refractivity contribution < 1.29 is 24.3 Å². The molecule has 2 aromatic rings. The van der Waals surface area contributed by atoms with Gasteiger partial charge in [0.1, 0.15) is 11.3 Å². The number of allylic oxidation sites excluding steroid dienone is 2. The highest BCUT2D eigenvalue weighted by Crippen LogP contribution is 2.74. The van der Waals surface area contributed by atoms with Gasteiger partial charge >= 0.3 is 5.97 Å². The van der Waals surface area contributed by atoms with E-state index in [0.29, 0.717) is 78.2 Å². The molecule has 1 amide bonds. The maximum atomic E-state index is 14.0. The van der Waals surface area contributed by atoms with Crippen LogP contribution in [0.25, 0.3) is 5.65 Å². The third-order valence-electron chi connectivity index (χ3n) is 17.4. The Hall–Kier alpha value is -3.36. The molecule has 6 aliphatic carbocycles. The highest BCUT2D eigenvalue weighted by atomic mass is 16.4. The molecule has 2 N–H and O–H groups in total. The van der Waals surface area contributed by atoms with Crippen LogP contribution in [0.15, 0.2) is 35.8 Å². The average molecular weight is 739 g/mol. The largest absolute Gasteiger partial charge is 0.481 e. The fourth-order valence-electron chi connectivity index (χ4n) is 14.6. The van der Waals surface area contributed by atoms with Crippen molar-refractivity contribution in [1.82, 2.24) is 19.9 Å². The molecule has 6 aliphatic rings. The van der Waals surface area contributed by atoms with Crippen LogP contribution in [0.1, 0.15) is 136 Å². The van der Waals surface area contributed by atoms with Crippen molar-refractivity contribution in [2.45, 2.75) is 126 Å². The SMILES string of the molecule is CC(C)C1=C2C3CCC4C(C)(CCC5C(C)(C)C(CC(=O)C6CC(C(=O)O)C6C)CCC54C)C3CCC2(CCNC(=O)c2cnn3cccnc23)CC1=O. The molecule has 0 bridgehead atoms. The summed E-state index contributed by atoms with van der Waals surface area (Å²) in [4.78, 5) is 56.9. The molecule has 0 aromatic carbocycles. The van der Waals surface area contributed by atoms with Crippen LogP contribution in [0, 0.1) is 74.9 Å². The standard InChI is InChI=1S/C45H62N4O5/c1-25(2)37-34(51)23-45(17-19-47-40(52)31-24-48-49-20-8-18-46-39(31)49)16-12-32-28(38(37)45)9-10-36-43(32,6)15-13-35-42(4,5)27(11-14-44(35,36)7)21-33(50)29-22-30(26(29)3)41(53)54/h8,18,20,24-30,32,35-36H,9-17,19,21-23H2,1-7H3,(H,47,52)(H,53,54). The lowest BCUT2D eigenvalue weighted by molar-refractivity contribution is -0.193. The summed E-state index contributed by atoms with van der Waals surface area (Å²) in [5.74, 6) is 1.77. The van der Waals surface area contributed by atoms with Crippen LogP contribution in [0.5, 0.6) is 0 Å². The minimum absolute atomic E-state index is 0.0385.